The fourth-order valence-corrected chi connectivity index (χ4v) is 3.55. The van der Waals surface area contributed by atoms with Crippen LogP contribution < -0.4 is 5.32 Å². The Morgan fingerprint density at radius 3 is 3.16 bits per heavy atom. The molecule has 100 valence electrons. The zero-order chi connectivity index (χ0) is 13.2. The molecule has 0 radical (unpaired) electrons. The van der Waals surface area contributed by atoms with Crippen LogP contribution in [0.4, 0.5) is 4.39 Å². The molecule has 1 aliphatic rings. The lowest BCUT2D eigenvalue weighted by Gasteiger charge is -2.21. The molecule has 2 aromatic rings. The molecule has 0 amide bonds. The fourth-order valence-electron chi connectivity index (χ4n) is 2.77. The van der Waals surface area contributed by atoms with Crippen LogP contribution in [0.25, 0.3) is 0 Å². The molecule has 1 N–H and O–H groups in total. The van der Waals surface area contributed by atoms with Gasteiger partial charge in [0.25, 0.3) is 0 Å². The second kappa shape index (κ2) is 5.39. The number of thiazole rings is 1. The van der Waals surface area contributed by atoms with Gasteiger partial charge < -0.3 is 5.32 Å². The predicted molar refractivity (Wildman–Crippen MR) is 75.7 cm³/mol. The van der Waals surface area contributed by atoms with Crippen LogP contribution in [0.1, 0.15) is 48.0 Å². The summed E-state index contributed by atoms with van der Waals surface area (Å²) in [7, 11) is 0. The molecular weight excluding hydrogens is 259 g/mol. The number of aryl methyl sites for hydroxylation is 1. The summed E-state index contributed by atoms with van der Waals surface area (Å²) in [6.45, 7) is 2.17. The number of benzene rings is 1. The van der Waals surface area contributed by atoms with Crippen molar-refractivity contribution < 1.29 is 4.39 Å². The van der Waals surface area contributed by atoms with Crippen molar-refractivity contribution in [2.45, 2.75) is 38.3 Å². The van der Waals surface area contributed by atoms with Crippen molar-refractivity contribution in [1.29, 1.82) is 0 Å². The molecule has 0 aliphatic heterocycles. The zero-order valence-electron chi connectivity index (χ0n) is 10.9. The molecule has 2 unspecified atom stereocenters. The lowest BCUT2D eigenvalue weighted by Crippen LogP contribution is -2.24. The van der Waals surface area contributed by atoms with Crippen molar-refractivity contribution in [3.63, 3.8) is 0 Å². The van der Waals surface area contributed by atoms with Gasteiger partial charge in [-0.25, -0.2) is 9.37 Å². The first-order valence-electron chi connectivity index (χ1n) is 6.71. The Morgan fingerprint density at radius 2 is 2.42 bits per heavy atom. The van der Waals surface area contributed by atoms with Crippen LogP contribution in [-0.2, 0) is 6.42 Å². The maximum Gasteiger partial charge on any atom is 0.123 e. The van der Waals surface area contributed by atoms with Gasteiger partial charge in [-0.2, -0.15) is 0 Å². The van der Waals surface area contributed by atoms with Gasteiger partial charge in [0.2, 0.25) is 0 Å². The van der Waals surface area contributed by atoms with Crippen LogP contribution >= 0.6 is 11.3 Å². The Labute approximate surface area is 116 Å². The van der Waals surface area contributed by atoms with Crippen molar-refractivity contribution in [2.75, 3.05) is 0 Å². The van der Waals surface area contributed by atoms with E-state index in [9.17, 15) is 4.39 Å². The molecule has 1 aromatic carbocycles. The Bertz CT molecular complexity index is 553. The Balaban J connectivity index is 1.79. The molecule has 1 aliphatic carbocycles. The number of nitrogens with one attached hydrogen (secondary N) is 1. The van der Waals surface area contributed by atoms with E-state index in [-0.39, 0.29) is 5.82 Å². The lowest BCUT2D eigenvalue weighted by molar-refractivity contribution is 0.432. The number of halogens is 1. The minimum absolute atomic E-state index is 0.133. The largest absolute Gasteiger partial charge is 0.301 e. The van der Waals surface area contributed by atoms with Gasteiger partial charge in [0.05, 0.1) is 6.04 Å². The summed E-state index contributed by atoms with van der Waals surface area (Å²) in [6.07, 6.45) is 4.86. The van der Waals surface area contributed by atoms with Gasteiger partial charge in [-0.1, -0.05) is 13.0 Å². The quantitative estimate of drug-likeness (QED) is 0.912. The fraction of sp³-hybridized carbons (Fsp3) is 0.400. The van der Waals surface area contributed by atoms with Crippen molar-refractivity contribution in [3.8, 4) is 0 Å². The SMILES string of the molecule is CCC(NC1CCc2cc(F)ccc21)c1nccs1. The van der Waals surface area contributed by atoms with E-state index in [4.69, 9.17) is 0 Å². The number of hydrogen-bond donors (Lipinski definition) is 1. The van der Waals surface area contributed by atoms with E-state index < -0.39 is 0 Å². The van der Waals surface area contributed by atoms with Crippen LogP contribution in [-0.4, -0.2) is 4.98 Å². The third kappa shape index (κ3) is 2.55. The highest BCUT2D eigenvalue weighted by molar-refractivity contribution is 7.09. The normalized spacial score (nSPS) is 19.4. The summed E-state index contributed by atoms with van der Waals surface area (Å²) >= 11 is 1.69. The van der Waals surface area contributed by atoms with E-state index in [1.54, 1.807) is 23.5 Å². The molecule has 2 atom stereocenters. The molecule has 0 bridgehead atoms. The topological polar surface area (TPSA) is 24.9 Å². The minimum Gasteiger partial charge on any atom is -0.301 e. The van der Waals surface area contributed by atoms with E-state index >= 15 is 0 Å². The maximum absolute atomic E-state index is 13.2. The number of rotatable bonds is 4. The summed E-state index contributed by atoms with van der Waals surface area (Å²) in [6, 6.07) is 5.76. The van der Waals surface area contributed by atoms with Gasteiger partial charge in [0.15, 0.2) is 0 Å². The minimum atomic E-state index is -0.133. The third-order valence-electron chi connectivity index (χ3n) is 3.74. The first kappa shape index (κ1) is 12.8. The van der Waals surface area contributed by atoms with Gasteiger partial charge in [-0.05, 0) is 42.5 Å². The average Bonchev–Trinajstić information content (AvgIpc) is 3.05. The Morgan fingerprint density at radius 1 is 1.53 bits per heavy atom. The van der Waals surface area contributed by atoms with Gasteiger partial charge in [-0.15, -0.1) is 11.3 Å². The second-order valence-corrected chi connectivity index (χ2v) is 5.86. The number of hydrogen-bond acceptors (Lipinski definition) is 3. The van der Waals surface area contributed by atoms with Gasteiger partial charge in [-0.3, -0.25) is 0 Å². The van der Waals surface area contributed by atoms with E-state index in [0.717, 1.165) is 29.8 Å². The van der Waals surface area contributed by atoms with Gasteiger partial charge in [0, 0.05) is 17.6 Å². The molecule has 1 aromatic heterocycles. The van der Waals surface area contributed by atoms with Crippen molar-refractivity contribution >= 4 is 11.3 Å². The summed E-state index contributed by atoms with van der Waals surface area (Å²) in [5.74, 6) is -0.133. The van der Waals surface area contributed by atoms with E-state index in [0.29, 0.717) is 12.1 Å². The number of nitrogens with zero attached hydrogens (tertiary/aromatic N) is 1. The first-order valence-corrected chi connectivity index (χ1v) is 7.59. The van der Waals surface area contributed by atoms with Crippen molar-refractivity contribution in [2.24, 2.45) is 0 Å². The van der Waals surface area contributed by atoms with Crippen molar-refractivity contribution in [1.82, 2.24) is 10.3 Å². The maximum atomic E-state index is 13.2. The molecule has 19 heavy (non-hydrogen) atoms. The van der Waals surface area contributed by atoms with E-state index in [1.807, 2.05) is 17.6 Å². The van der Waals surface area contributed by atoms with Crippen molar-refractivity contribution in [3.05, 3.63) is 51.7 Å². The second-order valence-electron chi connectivity index (χ2n) is 4.93. The highest BCUT2D eigenvalue weighted by Gasteiger charge is 2.25. The summed E-state index contributed by atoms with van der Waals surface area (Å²) in [5, 5.41) is 6.82. The molecule has 4 heteroatoms. The smallest absolute Gasteiger partial charge is 0.123 e. The number of aromatic nitrogens is 1. The molecule has 1 heterocycles. The Hall–Kier alpha value is -1.26. The lowest BCUT2D eigenvalue weighted by atomic mass is 10.1. The Kier molecular flexibility index (Phi) is 3.62. The molecule has 2 nitrogen and oxygen atoms in total. The summed E-state index contributed by atoms with van der Waals surface area (Å²) in [5.41, 5.74) is 2.39. The van der Waals surface area contributed by atoms with E-state index in [2.05, 4.69) is 17.2 Å². The highest BCUT2D eigenvalue weighted by atomic mass is 32.1. The average molecular weight is 276 g/mol. The molecule has 0 spiro atoms. The standard InChI is InChI=1S/C15H17FN2S/c1-2-13(15-17-7-8-19-15)18-14-6-3-10-9-11(16)4-5-12(10)14/h4-5,7-9,13-14,18H,2-3,6H2,1H3. The molecular formula is C15H17FN2S. The van der Waals surface area contributed by atoms with Crippen LogP contribution in [0.15, 0.2) is 29.8 Å². The van der Waals surface area contributed by atoms with Gasteiger partial charge >= 0.3 is 0 Å². The molecule has 0 saturated heterocycles. The zero-order valence-corrected chi connectivity index (χ0v) is 11.7. The third-order valence-corrected chi connectivity index (χ3v) is 4.63. The molecule has 0 fully saturated rings. The predicted octanol–water partition coefficient (Wildman–Crippen LogP) is 4.01. The highest BCUT2D eigenvalue weighted by Crippen LogP contribution is 2.34. The molecule has 3 rings (SSSR count). The van der Waals surface area contributed by atoms with E-state index in [1.165, 1.54) is 5.56 Å². The summed E-state index contributed by atoms with van der Waals surface area (Å²) < 4.78 is 13.2. The van der Waals surface area contributed by atoms with Crippen LogP contribution in [0.3, 0.4) is 0 Å². The number of fused-ring (bicyclic) bond motifs is 1. The van der Waals surface area contributed by atoms with Crippen LogP contribution in [0.2, 0.25) is 0 Å². The van der Waals surface area contributed by atoms with Crippen LogP contribution in [0, 0.1) is 5.82 Å². The molecule has 0 saturated carbocycles. The summed E-state index contributed by atoms with van der Waals surface area (Å²) in [4.78, 5) is 4.40. The van der Waals surface area contributed by atoms with Gasteiger partial charge in [0.1, 0.15) is 10.8 Å². The monoisotopic (exact) mass is 276 g/mol. The van der Waals surface area contributed by atoms with Crippen LogP contribution in [0.5, 0.6) is 0 Å². The first-order chi connectivity index (χ1) is 9.28.